The van der Waals surface area contributed by atoms with Gasteiger partial charge < -0.3 is 11.1 Å². The minimum absolute atomic E-state index is 0. The minimum Gasteiger partial charge on any atom is -0.356 e. The van der Waals surface area contributed by atoms with Crippen molar-refractivity contribution >= 4 is 39.7 Å². The van der Waals surface area contributed by atoms with Crippen LogP contribution in [0.15, 0.2) is 16.3 Å². The molecule has 1 saturated carbocycles. The first-order valence-electron chi connectivity index (χ1n) is 7.97. The van der Waals surface area contributed by atoms with Gasteiger partial charge in [0.2, 0.25) is 5.91 Å². The average Bonchev–Trinajstić information content (AvgIpc) is 3.16. The number of nitrogens with one attached hydrogen (secondary N) is 1. The summed E-state index contributed by atoms with van der Waals surface area (Å²) in [5.41, 5.74) is 6.09. The van der Waals surface area contributed by atoms with Crippen LogP contribution in [-0.2, 0) is 21.2 Å². The van der Waals surface area contributed by atoms with Gasteiger partial charge in [-0.25, -0.2) is 8.42 Å². The first-order chi connectivity index (χ1) is 10.9. The van der Waals surface area contributed by atoms with Gasteiger partial charge in [0.05, 0.1) is 0 Å². The van der Waals surface area contributed by atoms with Gasteiger partial charge in [0.25, 0.3) is 10.0 Å². The van der Waals surface area contributed by atoms with Crippen LogP contribution in [-0.4, -0.2) is 44.3 Å². The Labute approximate surface area is 153 Å². The summed E-state index contributed by atoms with van der Waals surface area (Å²) in [6, 6.07) is 3.65. The zero-order valence-electron chi connectivity index (χ0n) is 13.6. The second kappa shape index (κ2) is 7.70. The van der Waals surface area contributed by atoms with Crippen LogP contribution in [0.25, 0.3) is 0 Å². The van der Waals surface area contributed by atoms with Crippen LogP contribution in [0.3, 0.4) is 0 Å². The Morgan fingerprint density at radius 2 is 2.12 bits per heavy atom. The van der Waals surface area contributed by atoms with Gasteiger partial charge in [-0.1, -0.05) is 0 Å². The average molecular weight is 394 g/mol. The van der Waals surface area contributed by atoms with Gasteiger partial charge in [0.1, 0.15) is 4.21 Å². The number of fused-ring (bicyclic) bond motifs is 1. The summed E-state index contributed by atoms with van der Waals surface area (Å²) in [6.45, 7) is 3.14. The SMILES string of the molecule is CC(=O)NCCc1ccc(S(=O)(=O)N2CC3CCC(N)C3C2)s1.Cl. The summed E-state index contributed by atoms with van der Waals surface area (Å²) in [5, 5.41) is 2.72. The quantitative estimate of drug-likeness (QED) is 0.786. The Balaban J connectivity index is 0.00000208. The number of nitrogens with zero attached hydrogens (tertiary/aromatic N) is 1. The van der Waals surface area contributed by atoms with Crippen LogP contribution in [0.4, 0.5) is 0 Å². The molecule has 0 radical (unpaired) electrons. The summed E-state index contributed by atoms with van der Waals surface area (Å²) in [4.78, 5) is 11.8. The molecule has 0 spiro atoms. The largest absolute Gasteiger partial charge is 0.356 e. The summed E-state index contributed by atoms with van der Waals surface area (Å²) in [7, 11) is -3.42. The van der Waals surface area contributed by atoms with Crippen molar-refractivity contribution in [3.05, 3.63) is 17.0 Å². The number of sulfonamides is 1. The number of carbonyl (C=O) groups excluding carboxylic acids is 1. The van der Waals surface area contributed by atoms with Crippen LogP contribution in [0, 0.1) is 11.8 Å². The highest BCUT2D eigenvalue weighted by molar-refractivity contribution is 7.91. The lowest BCUT2D eigenvalue weighted by molar-refractivity contribution is -0.118. The lowest BCUT2D eigenvalue weighted by atomic mass is 9.98. The summed E-state index contributed by atoms with van der Waals surface area (Å²) in [6.07, 6.45) is 2.69. The number of nitrogens with two attached hydrogens (primary N) is 1. The third-order valence-electron chi connectivity index (χ3n) is 4.86. The highest BCUT2D eigenvalue weighted by atomic mass is 35.5. The van der Waals surface area contributed by atoms with E-state index >= 15 is 0 Å². The number of carbonyl (C=O) groups is 1. The van der Waals surface area contributed by atoms with E-state index in [9.17, 15) is 13.2 Å². The van der Waals surface area contributed by atoms with Crippen LogP contribution < -0.4 is 11.1 Å². The molecule has 1 aliphatic carbocycles. The topological polar surface area (TPSA) is 92.5 Å². The van der Waals surface area contributed by atoms with Gasteiger partial charge in [-0.3, -0.25) is 4.79 Å². The van der Waals surface area contributed by atoms with E-state index in [1.165, 1.54) is 18.3 Å². The molecule has 2 heterocycles. The molecule has 0 bridgehead atoms. The molecule has 3 unspecified atom stereocenters. The Morgan fingerprint density at radius 3 is 2.79 bits per heavy atom. The Kier molecular flexibility index (Phi) is 6.30. The highest BCUT2D eigenvalue weighted by Gasteiger charge is 2.45. The van der Waals surface area contributed by atoms with E-state index in [0.717, 1.165) is 17.7 Å². The summed E-state index contributed by atoms with van der Waals surface area (Å²) < 4.78 is 27.6. The van der Waals surface area contributed by atoms with E-state index in [4.69, 9.17) is 5.73 Å². The van der Waals surface area contributed by atoms with Crippen molar-refractivity contribution in [3.63, 3.8) is 0 Å². The van der Waals surface area contributed by atoms with Gasteiger partial charge in [0, 0.05) is 37.5 Å². The molecule has 3 atom stereocenters. The molecule has 1 aromatic rings. The predicted octanol–water partition coefficient (Wildman–Crippen LogP) is 1.21. The van der Waals surface area contributed by atoms with E-state index in [1.54, 1.807) is 10.4 Å². The van der Waals surface area contributed by atoms with Crippen LogP contribution in [0.5, 0.6) is 0 Å². The number of hydrogen-bond acceptors (Lipinski definition) is 5. The molecule has 3 rings (SSSR count). The molecule has 2 fully saturated rings. The van der Waals surface area contributed by atoms with Crippen LogP contribution >= 0.6 is 23.7 Å². The Hall–Kier alpha value is -0.670. The van der Waals surface area contributed by atoms with Gasteiger partial charge >= 0.3 is 0 Å². The molecule has 1 aliphatic heterocycles. The van der Waals surface area contributed by atoms with Gasteiger partial charge in [-0.15, -0.1) is 23.7 Å². The molecule has 1 aromatic heterocycles. The lowest BCUT2D eigenvalue weighted by Crippen LogP contribution is -2.33. The fourth-order valence-electron chi connectivity index (χ4n) is 3.58. The fourth-order valence-corrected chi connectivity index (χ4v) is 6.63. The van der Waals surface area contributed by atoms with E-state index in [0.29, 0.717) is 42.1 Å². The molecular weight excluding hydrogens is 370 g/mol. The third kappa shape index (κ3) is 3.94. The summed E-state index contributed by atoms with van der Waals surface area (Å²) >= 11 is 1.30. The zero-order chi connectivity index (χ0) is 16.6. The lowest BCUT2D eigenvalue weighted by Gasteiger charge is -2.17. The Morgan fingerprint density at radius 1 is 1.38 bits per heavy atom. The minimum atomic E-state index is -3.42. The van der Waals surface area contributed by atoms with Gasteiger partial charge in [0.15, 0.2) is 0 Å². The van der Waals surface area contributed by atoms with E-state index in [1.807, 2.05) is 6.07 Å². The fraction of sp³-hybridized carbons (Fsp3) is 0.667. The van der Waals surface area contributed by atoms with Gasteiger partial charge in [-0.05, 0) is 43.2 Å². The van der Waals surface area contributed by atoms with Crippen molar-refractivity contribution in [3.8, 4) is 0 Å². The second-order valence-electron chi connectivity index (χ2n) is 6.44. The third-order valence-corrected chi connectivity index (χ3v) is 8.30. The number of thiophene rings is 1. The van der Waals surface area contributed by atoms with Crippen molar-refractivity contribution in [2.75, 3.05) is 19.6 Å². The number of amides is 1. The maximum absolute atomic E-state index is 12.8. The maximum Gasteiger partial charge on any atom is 0.252 e. The first-order valence-corrected chi connectivity index (χ1v) is 10.2. The zero-order valence-corrected chi connectivity index (χ0v) is 16.1. The molecule has 3 N–H and O–H groups in total. The van der Waals surface area contributed by atoms with Crippen molar-refractivity contribution in [2.24, 2.45) is 17.6 Å². The molecule has 1 saturated heterocycles. The molecule has 1 amide bonds. The number of rotatable bonds is 5. The van der Waals surface area contributed by atoms with E-state index in [-0.39, 0.29) is 24.4 Å². The first kappa shape index (κ1) is 19.7. The molecule has 136 valence electrons. The summed E-state index contributed by atoms with van der Waals surface area (Å²) in [5.74, 6) is 0.650. The Bertz CT molecular complexity index is 692. The normalized spacial score (nSPS) is 26.8. The molecule has 6 nitrogen and oxygen atoms in total. The molecule has 24 heavy (non-hydrogen) atoms. The predicted molar refractivity (Wildman–Crippen MR) is 96.9 cm³/mol. The van der Waals surface area contributed by atoms with Crippen molar-refractivity contribution in [2.45, 2.75) is 36.4 Å². The number of hydrogen-bond donors (Lipinski definition) is 2. The molecule has 0 aromatic carbocycles. The second-order valence-corrected chi connectivity index (χ2v) is 9.77. The number of halogens is 1. The van der Waals surface area contributed by atoms with E-state index in [2.05, 4.69) is 5.32 Å². The van der Waals surface area contributed by atoms with Crippen molar-refractivity contribution < 1.29 is 13.2 Å². The highest BCUT2D eigenvalue weighted by Crippen LogP contribution is 2.40. The molecular formula is C15H24ClN3O3S2. The smallest absolute Gasteiger partial charge is 0.252 e. The molecule has 9 heteroatoms. The van der Waals surface area contributed by atoms with Crippen molar-refractivity contribution in [1.29, 1.82) is 0 Å². The monoisotopic (exact) mass is 393 g/mol. The van der Waals surface area contributed by atoms with Gasteiger partial charge in [-0.2, -0.15) is 4.31 Å². The standard InChI is InChI=1S/C15H23N3O3S2.ClH/c1-10(19)17-7-6-12-3-5-15(22-12)23(20,21)18-8-11-2-4-14(16)13(11)9-18;/h3,5,11,13-14H,2,4,6-9,16H2,1H3,(H,17,19);1H. The van der Waals surface area contributed by atoms with E-state index < -0.39 is 10.0 Å². The van der Waals surface area contributed by atoms with Crippen LogP contribution in [0.1, 0.15) is 24.6 Å². The maximum atomic E-state index is 12.8. The van der Waals surface area contributed by atoms with Crippen LogP contribution in [0.2, 0.25) is 0 Å². The van der Waals surface area contributed by atoms with Crippen molar-refractivity contribution in [1.82, 2.24) is 9.62 Å². The molecule has 2 aliphatic rings.